The van der Waals surface area contributed by atoms with Gasteiger partial charge in [-0.25, -0.2) is 4.98 Å². The van der Waals surface area contributed by atoms with Gasteiger partial charge < -0.3 is 10.5 Å². The van der Waals surface area contributed by atoms with Crippen LogP contribution in [0.15, 0.2) is 46.3 Å². The van der Waals surface area contributed by atoms with Crippen LogP contribution in [0.2, 0.25) is 5.15 Å². The molecule has 0 atom stereocenters. The number of ether oxygens (including phenoxy) is 1. The van der Waals surface area contributed by atoms with Crippen LogP contribution in [0.25, 0.3) is 0 Å². The van der Waals surface area contributed by atoms with Crippen LogP contribution < -0.4 is 10.5 Å². The monoisotopic (exact) mass is 266 g/mol. The molecule has 0 aliphatic heterocycles. The highest BCUT2D eigenvalue weighted by Crippen LogP contribution is 2.32. The largest absolute Gasteiger partial charge is 0.497 e. The maximum absolute atomic E-state index is 5.83. The first-order valence-electron chi connectivity index (χ1n) is 4.93. The first-order chi connectivity index (χ1) is 8.19. The average molecular weight is 267 g/mol. The summed E-state index contributed by atoms with van der Waals surface area (Å²) in [5.41, 5.74) is 6.45. The van der Waals surface area contributed by atoms with Crippen molar-refractivity contribution in [3.8, 4) is 5.75 Å². The summed E-state index contributed by atoms with van der Waals surface area (Å²) in [6, 6.07) is 11.1. The number of nitrogens with two attached hydrogens (primary N) is 1. The van der Waals surface area contributed by atoms with Gasteiger partial charge in [-0.15, -0.1) is 0 Å². The van der Waals surface area contributed by atoms with E-state index in [-0.39, 0.29) is 0 Å². The number of hydrogen-bond donors (Lipinski definition) is 1. The fourth-order valence-electron chi connectivity index (χ4n) is 1.27. The summed E-state index contributed by atoms with van der Waals surface area (Å²) in [5.74, 6) is 0.821. The van der Waals surface area contributed by atoms with Gasteiger partial charge in [0, 0.05) is 4.90 Å². The smallest absolute Gasteiger partial charge is 0.130 e. The van der Waals surface area contributed by atoms with Crippen LogP contribution >= 0.6 is 23.4 Å². The topological polar surface area (TPSA) is 48.1 Å². The van der Waals surface area contributed by atoms with Crippen molar-refractivity contribution in [2.75, 3.05) is 12.8 Å². The molecular formula is C12H11ClN2OS. The van der Waals surface area contributed by atoms with Crippen molar-refractivity contribution in [2.45, 2.75) is 9.92 Å². The molecule has 1 heterocycles. The minimum atomic E-state index is 0.440. The van der Waals surface area contributed by atoms with E-state index in [0.29, 0.717) is 15.9 Å². The molecule has 3 nitrogen and oxygen atoms in total. The van der Waals surface area contributed by atoms with E-state index < -0.39 is 0 Å². The summed E-state index contributed by atoms with van der Waals surface area (Å²) >= 11 is 7.30. The highest BCUT2D eigenvalue weighted by Gasteiger charge is 2.04. The summed E-state index contributed by atoms with van der Waals surface area (Å²) in [7, 11) is 1.64. The van der Waals surface area contributed by atoms with Gasteiger partial charge in [-0.1, -0.05) is 23.4 Å². The summed E-state index contributed by atoms with van der Waals surface area (Å²) in [4.78, 5) is 5.22. The predicted molar refractivity (Wildman–Crippen MR) is 70.8 cm³/mol. The third-order valence-electron chi connectivity index (χ3n) is 2.13. The van der Waals surface area contributed by atoms with Crippen LogP contribution in [-0.4, -0.2) is 12.1 Å². The number of rotatable bonds is 3. The van der Waals surface area contributed by atoms with Gasteiger partial charge in [0.05, 0.1) is 12.8 Å². The summed E-state index contributed by atoms with van der Waals surface area (Å²) in [5, 5.41) is 1.15. The molecule has 0 saturated heterocycles. The lowest BCUT2D eigenvalue weighted by molar-refractivity contribution is 0.414. The third kappa shape index (κ3) is 3.05. The molecule has 5 heteroatoms. The van der Waals surface area contributed by atoms with E-state index in [1.807, 2.05) is 24.3 Å². The van der Waals surface area contributed by atoms with Gasteiger partial charge in [-0.3, -0.25) is 0 Å². The Kier molecular flexibility index (Phi) is 3.76. The lowest BCUT2D eigenvalue weighted by Crippen LogP contribution is -1.91. The number of halogens is 1. The van der Waals surface area contributed by atoms with E-state index in [0.717, 1.165) is 10.6 Å². The Morgan fingerprint density at radius 2 is 1.88 bits per heavy atom. The molecule has 0 fully saturated rings. The van der Waals surface area contributed by atoms with Crippen molar-refractivity contribution in [2.24, 2.45) is 0 Å². The molecule has 1 aromatic heterocycles. The van der Waals surface area contributed by atoms with Gasteiger partial charge in [-0.2, -0.15) is 0 Å². The number of nitrogens with zero attached hydrogens (tertiary/aromatic N) is 1. The summed E-state index contributed by atoms with van der Waals surface area (Å²) in [6.45, 7) is 0. The average Bonchev–Trinajstić information content (AvgIpc) is 2.35. The van der Waals surface area contributed by atoms with Crippen molar-refractivity contribution in [1.29, 1.82) is 0 Å². The predicted octanol–water partition coefficient (Wildman–Crippen LogP) is 3.48. The minimum Gasteiger partial charge on any atom is -0.497 e. The molecule has 0 saturated carbocycles. The molecule has 0 spiro atoms. The van der Waals surface area contributed by atoms with Gasteiger partial charge in [0.1, 0.15) is 15.9 Å². The van der Waals surface area contributed by atoms with Crippen LogP contribution in [0.1, 0.15) is 0 Å². The zero-order valence-electron chi connectivity index (χ0n) is 9.18. The summed E-state index contributed by atoms with van der Waals surface area (Å²) in [6.07, 6.45) is 0. The fraction of sp³-hybridized carbons (Fsp3) is 0.0833. The molecule has 88 valence electrons. The molecule has 0 radical (unpaired) electrons. The molecule has 2 aromatic rings. The lowest BCUT2D eigenvalue weighted by atomic mass is 10.3. The summed E-state index contributed by atoms with van der Waals surface area (Å²) < 4.78 is 5.09. The Hall–Kier alpha value is -1.39. The Bertz CT molecular complexity index is 516. The fourth-order valence-corrected chi connectivity index (χ4v) is 2.29. The molecule has 2 N–H and O–H groups in total. The Morgan fingerprint density at radius 3 is 2.53 bits per heavy atom. The van der Waals surface area contributed by atoms with Crippen LogP contribution in [0.4, 0.5) is 5.69 Å². The van der Waals surface area contributed by atoms with Gasteiger partial charge in [0.15, 0.2) is 0 Å². The quantitative estimate of drug-likeness (QED) is 0.864. The van der Waals surface area contributed by atoms with Crippen LogP contribution in [0.3, 0.4) is 0 Å². The normalized spacial score (nSPS) is 10.2. The van der Waals surface area contributed by atoms with Gasteiger partial charge >= 0.3 is 0 Å². The Morgan fingerprint density at radius 1 is 1.18 bits per heavy atom. The number of anilines is 1. The van der Waals surface area contributed by atoms with E-state index in [2.05, 4.69) is 4.98 Å². The van der Waals surface area contributed by atoms with Crippen LogP contribution in [-0.2, 0) is 0 Å². The van der Waals surface area contributed by atoms with Gasteiger partial charge in [0.2, 0.25) is 0 Å². The molecular weight excluding hydrogens is 256 g/mol. The minimum absolute atomic E-state index is 0.440. The standard InChI is InChI=1S/C12H11ClN2OS/c1-16-8-2-4-9(5-3-8)17-12-10(14)6-7-11(13)15-12/h2-7H,14H2,1H3. The van der Waals surface area contributed by atoms with Crippen molar-refractivity contribution in [3.63, 3.8) is 0 Å². The molecule has 0 unspecified atom stereocenters. The number of benzene rings is 1. The van der Waals surface area contributed by atoms with Crippen molar-refractivity contribution >= 4 is 29.1 Å². The third-order valence-corrected chi connectivity index (χ3v) is 3.37. The van der Waals surface area contributed by atoms with Crippen molar-refractivity contribution in [3.05, 3.63) is 41.6 Å². The molecule has 0 aliphatic carbocycles. The SMILES string of the molecule is COc1ccc(Sc2nc(Cl)ccc2N)cc1. The molecule has 17 heavy (non-hydrogen) atoms. The highest BCUT2D eigenvalue weighted by atomic mass is 35.5. The van der Waals surface area contributed by atoms with E-state index in [4.69, 9.17) is 22.1 Å². The lowest BCUT2D eigenvalue weighted by Gasteiger charge is -2.05. The second-order valence-electron chi connectivity index (χ2n) is 3.31. The maximum Gasteiger partial charge on any atom is 0.130 e. The van der Waals surface area contributed by atoms with Crippen molar-refractivity contribution in [1.82, 2.24) is 4.98 Å². The van der Waals surface area contributed by atoms with Crippen LogP contribution in [0.5, 0.6) is 5.75 Å². The van der Waals surface area contributed by atoms with E-state index >= 15 is 0 Å². The molecule has 2 rings (SSSR count). The van der Waals surface area contributed by atoms with Crippen LogP contribution in [0, 0.1) is 0 Å². The molecule has 0 amide bonds. The molecule has 0 aliphatic rings. The molecule has 1 aromatic carbocycles. The van der Waals surface area contributed by atoms with Crippen molar-refractivity contribution < 1.29 is 4.74 Å². The van der Waals surface area contributed by atoms with E-state index in [1.54, 1.807) is 19.2 Å². The number of methoxy groups -OCH3 is 1. The number of pyridine rings is 1. The van der Waals surface area contributed by atoms with E-state index in [9.17, 15) is 0 Å². The zero-order chi connectivity index (χ0) is 12.3. The second kappa shape index (κ2) is 5.29. The van der Waals surface area contributed by atoms with Gasteiger partial charge in [-0.05, 0) is 36.4 Å². The Balaban J connectivity index is 2.22. The van der Waals surface area contributed by atoms with Gasteiger partial charge in [0.25, 0.3) is 0 Å². The molecule has 0 bridgehead atoms. The van der Waals surface area contributed by atoms with E-state index in [1.165, 1.54) is 11.8 Å². The Labute approximate surface area is 109 Å². The highest BCUT2D eigenvalue weighted by molar-refractivity contribution is 7.99. The second-order valence-corrected chi connectivity index (χ2v) is 4.76. The number of aromatic nitrogens is 1. The number of hydrogen-bond acceptors (Lipinski definition) is 4. The number of nitrogen functional groups attached to an aromatic ring is 1. The first kappa shape index (κ1) is 12.1. The maximum atomic E-state index is 5.83. The first-order valence-corrected chi connectivity index (χ1v) is 6.12. The zero-order valence-corrected chi connectivity index (χ0v) is 10.8.